The summed E-state index contributed by atoms with van der Waals surface area (Å²) in [7, 11) is -2.12. The molecule has 0 atom stereocenters. The molecule has 0 unspecified atom stereocenters. The van der Waals surface area contributed by atoms with Gasteiger partial charge in [-0.15, -0.1) is 0 Å². The Kier molecular flexibility index (Phi) is 6.71. The molecule has 6 nitrogen and oxygen atoms in total. The monoisotopic (exact) mass is 426 g/mol. The van der Waals surface area contributed by atoms with E-state index in [2.05, 4.69) is 26.0 Å². The van der Waals surface area contributed by atoms with E-state index < -0.39 is 10.0 Å². The molecule has 0 bridgehead atoms. The zero-order valence-corrected chi connectivity index (χ0v) is 16.3. The van der Waals surface area contributed by atoms with Gasteiger partial charge in [-0.25, -0.2) is 13.1 Å². The third-order valence-electron chi connectivity index (χ3n) is 3.44. The maximum Gasteiger partial charge on any atom is 0.255 e. The van der Waals surface area contributed by atoms with Gasteiger partial charge in [0.15, 0.2) is 0 Å². The van der Waals surface area contributed by atoms with Gasteiger partial charge >= 0.3 is 0 Å². The maximum atomic E-state index is 12.3. The van der Waals surface area contributed by atoms with Crippen LogP contribution in [0.1, 0.15) is 15.9 Å². The minimum atomic E-state index is -3.61. The predicted molar refractivity (Wildman–Crippen MR) is 100 cm³/mol. The molecule has 134 valence electrons. The quantitative estimate of drug-likeness (QED) is 0.666. The normalized spacial score (nSPS) is 11.3. The predicted octanol–water partition coefficient (Wildman–Crippen LogP) is 2.93. The molecule has 2 rings (SSSR count). The summed E-state index contributed by atoms with van der Waals surface area (Å²) in [5.41, 5.74) is 2.04. The van der Waals surface area contributed by atoms with Crippen LogP contribution in [-0.4, -0.2) is 34.6 Å². The molecule has 0 aromatic heterocycles. The highest BCUT2D eigenvalue weighted by molar-refractivity contribution is 9.10. The number of hydrogen-bond donors (Lipinski definition) is 2. The van der Waals surface area contributed by atoms with Crippen molar-refractivity contribution in [1.29, 1.82) is 0 Å². The van der Waals surface area contributed by atoms with Gasteiger partial charge in [0.1, 0.15) is 0 Å². The summed E-state index contributed by atoms with van der Waals surface area (Å²) in [4.78, 5) is 12.4. The number of methoxy groups -OCH3 is 1. The van der Waals surface area contributed by atoms with Crippen LogP contribution < -0.4 is 10.0 Å². The maximum absolute atomic E-state index is 12.3. The van der Waals surface area contributed by atoms with Crippen LogP contribution in [0.4, 0.5) is 5.69 Å². The molecule has 0 aliphatic carbocycles. The Balaban J connectivity index is 2.08. The molecule has 0 spiro atoms. The molecule has 2 aromatic rings. The largest absolute Gasteiger partial charge is 0.383 e. The van der Waals surface area contributed by atoms with Crippen molar-refractivity contribution in [2.75, 3.05) is 25.6 Å². The van der Waals surface area contributed by atoms with E-state index in [-0.39, 0.29) is 24.0 Å². The number of amides is 1. The number of rotatable bonds is 7. The van der Waals surface area contributed by atoms with Crippen LogP contribution in [0.5, 0.6) is 0 Å². The van der Waals surface area contributed by atoms with E-state index in [0.717, 1.165) is 10.0 Å². The number of hydrogen-bond acceptors (Lipinski definition) is 4. The van der Waals surface area contributed by atoms with Crippen LogP contribution in [0.2, 0.25) is 0 Å². The van der Waals surface area contributed by atoms with E-state index in [1.165, 1.54) is 31.4 Å². The second-order valence-corrected chi connectivity index (χ2v) is 7.95. The molecule has 2 aromatic carbocycles. The zero-order valence-electron chi connectivity index (χ0n) is 13.9. The van der Waals surface area contributed by atoms with Crippen molar-refractivity contribution in [2.24, 2.45) is 0 Å². The molecule has 0 fully saturated rings. The van der Waals surface area contributed by atoms with Crippen LogP contribution in [0.3, 0.4) is 0 Å². The molecule has 8 heteroatoms. The van der Waals surface area contributed by atoms with E-state index in [1.54, 1.807) is 6.07 Å². The van der Waals surface area contributed by atoms with Crippen molar-refractivity contribution in [3.8, 4) is 0 Å². The highest BCUT2D eigenvalue weighted by Gasteiger charge is 2.14. The smallest absolute Gasteiger partial charge is 0.255 e. The third kappa shape index (κ3) is 5.37. The third-order valence-corrected chi connectivity index (χ3v) is 5.81. The number of benzene rings is 2. The number of carbonyl (C=O) groups is 1. The van der Waals surface area contributed by atoms with E-state index >= 15 is 0 Å². The van der Waals surface area contributed by atoms with Crippen LogP contribution >= 0.6 is 15.9 Å². The number of sulfonamides is 1. The first-order chi connectivity index (χ1) is 11.8. The molecule has 0 aliphatic heterocycles. The van der Waals surface area contributed by atoms with Crippen LogP contribution in [0.15, 0.2) is 51.8 Å². The van der Waals surface area contributed by atoms with E-state index in [0.29, 0.717) is 11.3 Å². The Bertz CT molecular complexity index is 851. The van der Waals surface area contributed by atoms with Gasteiger partial charge in [0.05, 0.1) is 11.5 Å². The Morgan fingerprint density at radius 1 is 1.16 bits per heavy atom. The summed E-state index contributed by atoms with van der Waals surface area (Å²) in [5, 5.41) is 2.78. The zero-order chi connectivity index (χ0) is 18.4. The fourth-order valence-electron chi connectivity index (χ4n) is 2.07. The number of aryl methyl sites for hydroxylation is 1. The standard InChI is InChI=1S/C17H19BrN2O4S/c1-12-11-14(5-8-16(12)18)20-17(21)13-3-6-15(7-4-13)25(22,23)19-9-10-24-2/h3-8,11,19H,9-10H2,1-2H3,(H,20,21). The lowest BCUT2D eigenvalue weighted by Gasteiger charge is -2.09. The van der Waals surface area contributed by atoms with Gasteiger partial charge < -0.3 is 10.1 Å². The Labute approximate surface area is 155 Å². The lowest BCUT2D eigenvalue weighted by Crippen LogP contribution is -2.27. The Hall–Kier alpha value is -1.74. The molecule has 25 heavy (non-hydrogen) atoms. The Morgan fingerprint density at radius 3 is 2.44 bits per heavy atom. The summed E-state index contributed by atoms with van der Waals surface area (Å²) in [6.45, 7) is 2.40. The molecule has 0 saturated heterocycles. The first-order valence-corrected chi connectivity index (χ1v) is 9.77. The minimum Gasteiger partial charge on any atom is -0.383 e. The number of nitrogens with one attached hydrogen (secondary N) is 2. The van der Waals surface area contributed by atoms with E-state index in [9.17, 15) is 13.2 Å². The summed E-state index contributed by atoms with van der Waals surface area (Å²) in [6.07, 6.45) is 0. The lowest BCUT2D eigenvalue weighted by molar-refractivity contribution is 0.102. The van der Waals surface area contributed by atoms with Gasteiger partial charge in [-0.3, -0.25) is 4.79 Å². The summed E-state index contributed by atoms with van der Waals surface area (Å²) in [6, 6.07) is 11.2. The molecule has 2 N–H and O–H groups in total. The van der Waals surface area contributed by atoms with Crippen molar-refractivity contribution in [2.45, 2.75) is 11.8 Å². The van der Waals surface area contributed by atoms with Crippen LogP contribution in [0.25, 0.3) is 0 Å². The SMILES string of the molecule is COCCNS(=O)(=O)c1ccc(C(=O)Nc2ccc(Br)c(C)c2)cc1. The van der Waals surface area contributed by atoms with Crippen molar-refractivity contribution in [3.63, 3.8) is 0 Å². The average Bonchev–Trinajstić information content (AvgIpc) is 2.58. The van der Waals surface area contributed by atoms with E-state index in [1.807, 2.05) is 19.1 Å². The van der Waals surface area contributed by atoms with Crippen molar-refractivity contribution >= 4 is 37.5 Å². The summed E-state index contributed by atoms with van der Waals surface area (Å²) in [5.74, 6) is -0.307. The molecule has 0 aliphatic rings. The number of ether oxygens (including phenoxy) is 1. The molecule has 1 amide bonds. The van der Waals surface area contributed by atoms with Crippen molar-refractivity contribution < 1.29 is 17.9 Å². The average molecular weight is 427 g/mol. The number of carbonyl (C=O) groups excluding carboxylic acids is 1. The molecule has 0 radical (unpaired) electrons. The van der Waals surface area contributed by atoms with Crippen molar-refractivity contribution in [1.82, 2.24) is 4.72 Å². The number of halogens is 1. The second-order valence-electron chi connectivity index (χ2n) is 5.33. The van der Waals surface area contributed by atoms with Gasteiger partial charge in [0.2, 0.25) is 10.0 Å². The van der Waals surface area contributed by atoms with Gasteiger partial charge in [0, 0.05) is 29.4 Å². The lowest BCUT2D eigenvalue weighted by atomic mass is 10.2. The molecule has 0 saturated carbocycles. The topological polar surface area (TPSA) is 84.5 Å². The Morgan fingerprint density at radius 2 is 1.84 bits per heavy atom. The fourth-order valence-corrected chi connectivity index (χ4v) is 3.33. The van der Waals surface area contributed by atoms with Gasteiger partial charge in [-0.1, -0.05) is 15.9 Å². The van der Waals surface area contributed by atoms with E-state index in [4.69, 9.17) is 4.74 Å². The minimum absolute atomic E-state index is 0.0969. The first kappa shape index (κ1) is 19.6. The fraction of sp³-hybridized carbons (Fsp3) is 0.235. The number of anilines is 1. The van der Waals surface area contributed by atoms with Crippen LogP contribution in [-0.2, 0) is 14.8 Å². The van der Waals surface area contributed by atoms with Gasteiger partial charge in [-0.05, 0) is 55.0 Å². The highest BCUT2D eigenvalue weighted by atomic mass is 79.9. The van der Waals surface area contributed by atoms with Gasteiger partial charge in [-0.2, -0.15) is 0 Å². The second kappa shape index (κ2) is 8.57. The first-order valence-electron chi connectivity index (χ1n) is 7.49. The molecular formula is C17H19BrN2O4S. The molecular weight excluding hydrogens is 408 g/mol. The molecule has 0 heterocycles. The summed E-state index contributed by atoms with van der Waals surface area (Å²) >= 11 is 3.41. The highest BCUT2D eigenvalue weighted by Crippen LogP contribution is 2.20. The summed E-state index contributed by atoms with van der Waals surface area (Å²) < 4.78 is 32.3. The van der Waals surface area contributed by atoms with Gasteiger partial charge in [0.25, 0.3) is 5.91 Å². The van der Waals surface area contributed by atoms with Crippen molar-refractivity contribution in [3.05, 3.63) is 58.1 Å². The van der Waals surface area contributed by atoms with Crippen LogP contribution in [0, 0.1) is 6.92 Å².